The molecular weight excluding hydrogens is 310 g/mol. The number of nitrogens with zero attached hydrogens (tertiary/aromatic N) is 3. The summed E-state index contributed by atoms with van der Waals surface area (Å²) < 4.78 is 0. The maximum absolute atomic E-state index is 12.3. The fourth-order valence-electron chi connectivity index (χ4n) is 3.45. The first kappa shape index (κ1) is 17.2. The molecule has 1 fully saturated rings. The average molecular weight is 333 g/mol. The topological polar surface area (TPSA) is 47.3 Å². The van der Waals surface area contributed by atoms with Crippen LogP contribution in [0, 0.1) is 11.3 Å². The fourth-order valence-corrected chi connectivity index (χ4v) is 3.45. The summed E-state index contributed by atoms with van der Waals surface area (Å²) in [4.78, 5) is 16.3. The molecule has 2 aromatic carbocycles. The van der Waals surface area contributed by atoms with Crippen molar-refractivity contribution in [2.24, 2.45) is 0 Å². The van der Waals surface area contributed by atoms with Gasteiger partial charge in [0.25, 0.3) is 0 Å². The molecule has 0 N–H and O–H groups in total. The Morgan fingerprint density at radius 2 is 1.92 bits per heavy atom. The standard InChI is InChI=1S/C21H23N3O/c1-23(2)21(25)20-8-5-13-24(20)15-16-9-11-17(12-10-16)19-7-4-3-6-18(19)14-22/h3-4,6-7,9-12,20H,5,8,13,15H2,1-2H3/t20-/m0/s1. The quantitative estimate of drug-likeness (QED) is 0.863. The van der Waals surface area contributed by atoms with E-state index in [1.807, 2.05) is 38.4 Å². The van der Waals surface area contributed by atoms with E-state index in [0.29, 0.717) is 5.56 Å². The number of hydrogen-bond acceptors (Lipinski definition) is 3. The van der Waals surface area contributed by atoms with Crippen LogP contribution >= 0.6 is 0 Å². The van der Waals surface area contributed by atoms with Gasteiger partial charge in [-0.15, -0.1) is 0 Å². The number of carbonyl (C=O) groups excluding carboxylic acids is 1. The van der Waals surface area contributed by atoms with Crippen molar-refractivity contribution in [2.45, 2.75) is 25.4 Å². The number of likely N-dealkylation sites (N-methyl/N-ethyl adjacent to an activating group) is 1. The highest BCUT2D eigenvalue weighted by atomic mass is 16.2. The van der Waals surface area contributed by atoms with Gasteiger partial charge < -0.3 is 4.90 Å². The number of carbonyl (C=O) groups is 1. The predicted octanol–water partition coefficient (Wildman–Crippen LogP) is 3.28. The van der Waals surface area contributed by atoms with Crippen LogP contribution in [0.2, 0.25) is 0 Å². The van der Waals surface area contributed by atoms with Crippen LogP contribution in [-0.4, -0.2) is 42.4 Å². The second kappa shape index (κ2) is 7.50. The van der Waals surface area contributed by atoms with E-state index in [1.54, 1.807) is 4.90 Å². The normalized spacial score (nSPS) is 17.2. The third-order valence-electron chi connectivity index (χ3n) is 4.79. The fraction of sp³-hybridized carbons (Fsp3) is 0.333. The number of rotatable bonds is 4. The second-order valence-electron chi connectivity index (χ2n) is 6.72. The highest BCUT2D eigenvalue weighted by molar-refractivity contribution is 5.81. The van der Waals surface area contributed by atoms with Gasteiger partial charge in [0.15, 0.2) is 0 Å². The van der Waals surface area contributed by atoms with Gasteiger partial charge in [0, 0.05) is 20.6 Å². The van der Waals surface area contributed by atoms with Crippen LogP contribution in [0.4, 0.5) is 0 Å². The summed E-state index contributed by atoms with van der Waals surface area (Å²) in [5.41, 5.74) is 3.88. The number of benzene rings is 2. The monoisotopic (exact) mass is 333 g/mol. The molecule has 0 aliphatic carbocycles. The van der Waals surface area contributed by atoms with Gasteiger partial charge in [-0.25, -0.2) is 0 Å². The lowest BCUT2D eigenvalue weighted by Gasteiger charge is -2.26. The lowest BCUT2D eigenvalue weighted by molar-refractivity contribution is -0.133. The van der Waals surface area contributed by atoms with Gasteiger partial charge >= 0.3 is 0 Å². The summed E-state index contributed by atoms with van der Waals surface area (Å²) in [7, 11) is 3.64. The molecule has 1 atom stereocenters. The number of likely N-dealkylation sites (tertiary alicyclic amines) is 1. The number of nitriles is 1. The molecule has 0 spiro atoms. The van der Waals surface area contributed by atoms with Crippen molar-refractivity contribution in [3.8, 4) is 17.2 Å². The summed E-state index contributed by atoms with van der Waals surface area (Å²) in [6.45, 7) is 1.74. The van der Waals surface area contributed by atoms with Crippen molar-refractivity contribution in [3.05, 3.63) is 59.7 Å². The Morgan fingerprint density at radius 1 is 1.20 bits per heavy atom. The van der Waals surface area contributed by atoms with Crippen LogP contribution in [0.25, 0.3) is 11.1 Å². The van der Waals surface area contributed by atoms with E-state index >= 15 is 0 Å². The van der Waals surface area contributed by atoms with Crippen LogP contribution < -0.4 is 0 Å². The largest absolute Gasteiger partial charge is 0.347 e. The molecular formula is C21H23N3O. The van der Waals surface area contributed by atoms with Gasteiger partial charge in [0.2, 0.25) is 5.91 Å². The summed E-state index contributed by atoms with van der Waals surface area (Å²) in [6, 6.07) is 18.2. The van der Waals surface area contributed by atoms with Gasteiger partial charge in [-0.2, -0.15) is 5.26 Å². The average Bonchev–Trinajstić information content (AvgIpc) is 3.09. The van der Waals surface area contributed by atoms with Gasteiger partial charge in [0.1, 0.15) is 0 Å². The number of amides is 1. The van der Waals surface area contributed by atoms with Crippen molar-refractivity contribution in [1.82, 2.24) is 9.80 Å². The molecule has 0 radical (unpaired) electrons. The first-order chi connectivity index (χ1) is 12.1. The molecule has 1 heterocycles. The minimum Gasteiger partial charge on any atom is -0.347 e. The lowest BCUT2D eigenvalue weighted by atomic mass is 9.99. The van der Waals surface area contributed by atoms with E-state index in [2.05, 4.69) is 35.2 Å². The highest BCUT2D eigenvalue weighted by Crippen LogP contribution is 2.25. The minimum absolute atomic E-state index is 0.00556. The number of hydrogen-bond donors (Lipinski definition) is 0. The summed E-state index contributed by atoms with van der Waals surface area (Å²) in [5, 5.41) is 9.26. The molecule has 1 aliphatic rings. The first-order valence-electron chi connectivity index (χ1n) is 8.64. The summed E-state index contributed by atoms with van der Waals surface area (Å²) in [5.74, 6) is 0.192. The summed E-state index contributed by atoms with van der Waals surface area (Å²) >= 11 is 0. The van der Waals surface area contributed by atoms with Gasteiger partial charge in [0.05, 0.1) is 17.7 Å². The molecule has 0 saturated carbocycles. The molecule has 0 aromatic heterocycles. The minimum atomic E-state index is -0.00556. The second-order valence-corrected chi connectivity index (χ2v) is 6.72. The van der Waals surface area contributed by atoms with E-state index in [0.717, 1.165) is 37.1 Å². The third-order valence-corrected chi connectivity index (χ3v) is 4.79. The Hall–Kier alpha value is -2.64. The van der Waals surface area contributed by atoms with E-state index in [4.69, 9.17) is 0 Å². The van der Waals surface area contributed by atoms with Gasteiger partial charge in [-0.05, 0) is 42.1 Å². The Morgan fingerprint density at radius 3 is 2.60 bits per heavy atom. The zero-order valence-corrected chi connectivity index (χ0v) is 14.8. The molecule has 2 aromatic rings. The van der Waals surface area contributed by atoms with Crippen LogP contribution in [0.15, 0.2) is 48.5 Å². The van der Waals surface area contributed by atoms with E-state index in [9.17, 15) is 10.1 Å². The molecule has 0 bridgehead atoms. The smallest absolute Gasteiger partial charge is 0.239 e. The lowest BCUT2D eigenvalue weighted by Crippen LogP contribution is -2.42. The van der Waals surface area contributed by atoms with Crippen LogP contribution in [-0.2, 0) is 11.3 Å². The van der Waals surface area contributed by atoms with Crippen LogP contribution in [0.5, 0.6) is 0 Å². The van der Waals surface area contributed by atoms with E-state index in [1.165, 1.54) is 5.56 Å². The van der Waals surface area contributed by atoms with Crippen LogP contribution in [0.1, 0.15) is 24.0 Å². The van der Waals surface area contributed by atoms with Crippen molar-refractivity contribution in [3.63, 3.8) is 0 Å². The molecule has 4 heteroatoms. The molecule has 3 rings (SSSR count). The van der Waals surface area contributed by atoms with Crippen molar-refractivity contribution in [1.29, 1.82) is 5.26 Å². The van der Waals surface area contributed by atoms with Gasteiger partial charge in [-0.1, -0.05) is 42.5 Å². The zero-order valence-electron chi connectivity index (χ0n) is 14.8. The van der Waals surface area contributed by atoms with Crippen molar-refractivity contribution >= 4 is 5.91 Å². The molecule has 4 nitrogen and oxygen atoms in total. The Kier molecular flexibility index (Phi) is 5.16. The predicted molar refractivity (Wildman–Crippen MR) is 98.7 cm³/mol. The Labute approximate surface area is 149 Å². The maximum atomic E-state index is 12.3. The maximum Gasteiger partial charge on any atom is 0.239 e. The Balaban J connectivity index is 1.75. The highest BCUT2D eigenvalue weighted by Gasteiger charge is 2.31. The Bertz CT molecular complexity index is 790. The van der Waals surface area contributed by atoms with Crippen LogP contribution in [0.3, 0.4) is 0 Å². The molecule has 1 aliphatic heterocycles. The summed E-state index contributed by atoms with van der Waals surface area (Å²) in [6.07, 6.45) is 2.00. The third kappa shape index (κ3) is 3.72. The van der Waals surface area contributed by atoms with Crippen molar-refractivity contribution < 1.29 is 4.79 Å². The van der Waals surface area contributed by atoms with Gasteiger partial charge in [-0.3, -0.25) is 9.69 Å². The molecule has 1 amide bonds. The SMILES string of the molecule is CN(C)C(=O)[C@@H]1CCCN1Cc1ccc(-c2ccccc2C#N)cc1. The molecule has 1 saturated heterocycles. The molecule has 128 valence electrons. The zero-order chi connectivity index (χ0) is 17.8. The molecule has 0 unspecified atom stereocenters. The molecule has 25 heavy (non-hydrogen) atoms. The van der Waals surface area contributed by atoms with E-state index in [-0.39, 0.29) is 11.9 Å². The first-order valence-corrected chi connectivity index (χ1v) is 8.64. The van der Waals surface area contributed by atoms with E-state index < -0.39 is 0 Å². The van der Waals surface area contributed by atoms with Crippen molar-refractivity contribution in [2.75, 3.05) is 20.6 Å².